The summed E-state index contributed by atoms with van der Waals surface area (Å²) < 4.78 is 21.6. The number of carbonyl (C=O) groups is 1. The van der Waals surface area contributed by atoms with Crippen molar-refractivity contribution < 1.29 is 23.7 Å². The zero-order valence-corrected chi connectivity index (χ0v) is 19.1. The van der Waals surface area contributed by atoms with Gasteiger partial charge in [-0.3, -0.25) is 0 Å². The molecule has 0 bridgehead atoms. The summed E-state index contributed by atoms with van der Waals surface area (Å²) in [5.41, 5.74) is 3.86. The highest BCUT2D eigenvalue weighted by molar-refractivity contribution is 5.89. The minimum Gasteiger partial charge on any atom is -0.493 e. The molecule has 1 aliphatic rings. The number of aryl methyl sites for hydroxylation is 1. The lowest BCUT2D eigenvalue weighted by Gasteiger charge is -2.24. The molecule has 0 saturated heterocycles. The summed E-state index contributed by atoms with van der Waals surface area (Å²) in [5.74, 6) is 2.77. The number of hydrogen-bond donors (Lipinski definition) is 1. The maximum atomic E-state index is 13.2. The van der Waals surface area contributed by atoms with E-state index in [1.165, 1.54) is 0 Å². The highest BCUT2D eigenvalue weighted by Crippen LogP contribution is 2.33. The van der Waals surface area contributed by atoms with Crippen molar-refractivity contribution in [3.8, 4) is 23.0 Å². The van der Waals surface area contributed by atoms with Crippen LogP contribution in [-0.4, -0.2) is 38.5 Å². The lowest BCUT2D eigenvalue weighted by atomic mass is 10.1. The first-order valence-electron chi connectivity index (χ1n) is 10.8. The van der Waals surface area contributed by atoms with Crippen molar-refractivity contribution in [2.75, 3.05) is 32.9 Å². The Morgan fingerprint density at radius 3 is 2.52 bits per heavy atom. The smallest absolute Gasteiger partial charge is 0.322 e. The standard InChI is InChI=1S/C26H28N2O5/c1-18-5-4-6-21(13-18)27-26(29)28(16-20-8-10-23-25(15-20)33-17-32-23)12-11-19-7-9-22(30-2)24(14-19)31-3/h4-10,13-15H,11-12,16-17H2,1-3H3,(H,27,29). The number of fused-ring (bicyclic) bond motifs is 1. The van der Waals surface area contributed by atoms with Gasteiger partial charge >= 0.3 is 6.03 Å². The van der Waals surface area contributed by atoms with Gasteiger partial charge in [-0.15, -0.1) is 0 Å². The number of urea groups is 1. The molecular formula is C26H28N2O5. The predicted molar refractivity (Wildman–Crippen MR) is 126 cm³/mol. The van der Waals surface area contributed by atoms with E-state index in [4.69, 9.17) is 18.9 Å². The van der Waals surface area contributed by atoms with E-state index in [0.29, 0.717) is 36.8 Å². The van der Waals surface area contributed by atoms with E-state index in [1.54, 1.807) is 19.1 Å². The van der Waals surface area contributed by atoms with E-state index in [0.717, 1.165) is 28.1 Å². The van der Waals surface area contributed by atoms with Crippen LogP contribution in [0.3, 0.4) is 0 Å². The fourth-order valence-electron chi connectivity index (χ4n) is 3.74. The number of hydrogen-bond acceptors (Lipinski definition) is 5. The molecule has 1 aliphatic heterocycles. The number of carbonyl (C=O) groups excluding carboxylic acids is 1. The second kappa shape index (κ2) is 10.2. The first-order chi connectivity index (χ1) is 16.1. The molecule has 4 rings (SSSR count). The fraction of sp³-hybridized carbons (Fsp3) is 0.269. The first kappa shape index (κ1) is 22.3. The van der Waals surface area contributed by atoms with Crippen molar-refractivity contribution in [1.82, 2.24) is 4.90 Å². The molecule has 0 fully saturated rings. The maximum Gasteiger partial charge on any atom is 0.322 e. The number of nitrogens with one attached hydrogen (secondary N) is 1. The second-order valence-corrected chi connectivity index (χ2v) is 7.85. The van der Waals surface area contributed by atoms with Crippen LogP contribution in [0.4, 0.5) is 10.5 Å². The van der Waals surface area contributed by atoms with Crippen molar-refractivity contribution in [2.45, 2.75) is 19.9 Å². The molecular weight excluding hydrogens is 420 g/mol. The molecule has 33 heavy (non-hydrogen) atoms. The van der Waals surface area contributed by atoms with Crippen LogP contribution in [0.1, 0.15) is 16.7 Å². The molecule has 3 aromatic carbocycles. The van der Waals surface area contributed by atoms with Crippen LogP contribution in [-0.2, 0) is 13.0 Å². The Kier molecular flexibility index (Phi) is 6.88. The minimum absolute atomic E-state index is 0.168. The van der Waals surface area contributed by atoms with Gasteiger partial charge in [0.2, 0.25) is 6.79 Å². The molecule has 0 unspecified atom stereocenters. The average Bonchev–Trinajstić information content (AvgIpc) is 3.29. The molecule has 0 aliphatic carbocycles. The quantitative estimate of drug-likeness (QED) is 0.524. The summed E-state index contributed by atoms with van der Waals surface area (Å²) in [6, 6.07) is 19.2. The summed E-state index contributed by atoms with van der Waals surface area (Å²) in [6.07, 6.45) is 0.659. The van der Waals surface area contributed by atoms with Gasteiger partial charge in [0.1, 0.15) is 0 Å². The molecule has 172 valence electrons. The molecule has 1 N–H and O–H groups in total. The number of methoxy groups -OCH3 is 2. The molecule has 0 aromatic heterocycles. The Bertz CT molecular complexity index is 1130. The third-order valence-corrected chi connectivity index (χ3v) is 5.49. The van der Waals surface area contributed by atoms with Crippen molar-refractivity contribution in [3.05, 3.63) is 77.4 Å². The highest BCUT2D eigenvalue weighted by Gasteiger charge is 2.18. The zero-order chi connectivity index (χ0) is 23.2. The Morgan fingerprint density at radius 2 is 1.73 bits per heavy atom. The third-order valence-electron chi connectivity index (χ3n) is 5.49. The number of nitrogens with zero attached hydrogens (tertiary/aromatic N) is 1. The summed E-state index contributed by atoms with van der Waals surface area (Å²) in [7, 11) is 3.23. The van der Waals surface area contributed by atoms with Crippen molar-refractivity contribution in [1.29, 1.82) is 0 Å². The van der Waals surface area contributed by atoms with Crippen molar-refractivity contribution in [3.63, 3.8) is 0 Å². The van der Waals surface area contributed by atoms with Gasteiger partial charge in [0.15, 0.2) is 23.0 Å². The van der Waals surface area contributed by atoms with Crippen LogP contribution in [0, 0.1) is 6.92 Å². The second-order valence-electron chi connectivity index (χ2n) is 7.85. The topological polar surface area (TPSA) is 69.3 Å². The Balaban J connectivity index is 1.52. The van der Waals surface area contributed by atoms with E-state index < -0.39 is 0 Å². The normalized spacial score (nSPS) is 11.7. The number of anilines is 1. The molecule has 3 aromatic rings. The molecule has 0 radical (unpaired) electrons. The molecule has 0 spiro atoms. The van der Waals surface area contributed by atoms with E-state index in [1.807, 2.05) is 67.6 Å². The molecule has 0 saturated carbocycles. The maximum absolute atomic E-state index is 13.2. The van der Waals surface area contributed by atoms with Gasteiger partial charge in [-0.1, -0.05) is 24.3 Å². The predicted octanol–water partition coefficient (Wildman–Crippen LogP) is 5.02. The Labute approximate surface area is 193 Å². The number of ether oxygens (including phenoxy) is 4. The van der Waals surface area contributed by atoms with E-state index in [2.05, 4.69) is 5.32 Å². The Morgan fingerprint density at radius 1 is 0.939 bits per heavy atom. The van der Waals surface area contributed by atoms with Crippen molar-refractivity contribution in [2.24, 2.45) is 0 Å². The fourth-order valence-corrected chi connectivity index (χ4v) is 3.74. The lowest BCUT2D eigenvalue weighted by molar-refractivity contribution is 0.174. The van der Waals surface area contributed by atoms with Crippen LogP contribution in [0.2, 0.25) is 0 Å². The minimum atomic E-state index is -0.168. The van der Waals surface area contributed by atoms with Crippen LogP contribution in [0.5, 0.6) is 23.0 Å². The van der Waals surface area contributed by atoms with E-state index in [-0.39, 0.29) is 12.8 Å². The lowest BCUT2D eigenvalue weighted by Crippen LogP contribution is -2.36. The molecule has 7 heteroatoms. The van der Waals surface area contributed by atoms with Gasteiger partial charge < -0.3 is 29.2 Å². The SMILES string of the molecule is COc1ccc(CCN(Cc2ccc3c(c2)OCO3)C(=O)Nc2cccc(C)c2)cc1OC. The van der Waals surface area contributed by atoms with Gasteiger partial charge in [-0.05, 0) is 66.4 Å². The third kappa shape index (κ3) is 5.49. The zero-order valence-electron chi connectivity index (χ0n) is 19.1. The number of amides is 2. The molecule has 0 atom stereocenters. The highest BCUT2D eigenvalue weighted by atomic mass is 16.7. The summed E-state index contributed by atoms with van der Waals surface area (Å²) in [4.78, 5) is 15.0. The summed E-state index contributed by atoms with van der Waals surface area (Å²) in [5, 5.41) is 3.02. The molecule has 2 amide bonds. The average molecular weight is 449 g/mol. The van der Waals surface area contributed by atoms with Gasteiger partial charge in [-0.2, -0.15) is 0 Å². The van der Waals surface area contributed by atoms with Crippen LogP contribution < -0.4 is 24.3 Å². The number of rotatable bonds is 8. The van der Waals surface area contributed by atoms with Gasteiger partial charge in [0, 0.05) is 18.8 Å². The molecule has 7 nitrogen and oxygen atoms in total. The van der Waals surface area contributed by atoms with Gasteiger partial charge in [0.25, 0.3) is 0 Å². The molecule has 1 heterocycles. The van der Waals surface area contributed by atoms with Crippen LogP contribution >= 0.6 is 0 Å². The van der Waals surface area contributed by atoms with Gasteiger partial charge in [0.05, 0.1) is 14.2 Å². The summed E-state index contributed by atoms with van der Waals surface area (Å²) >= 11 is 0. The monoisotopic (exact) mass is 448 g/mol. The Hall–Kier alpha value is -3.87. The van der Waals surface area contributed by atoms with E-state index in [9.17, 15) is 4.79 Å². The van der Waals surface area contributed by atoms with E-state index >= 15 is 0 Å². The summed E-state index contributed by atoms with van der Waals surface area (Å²) in [6.45, 7) is 3.16. The first-order valence-corrected chi connectivity index (χ1v) is 10.8. The van der Waals surface area contributed by atoms with Gasteiger partial charge in [-0.25, -0.2) is 4.79 Å². The largest absolute Gasteiger partial charge is 0.493 e. The van der Waals surface area contributed by atoms with Crippen LogP contribution in [0.25, 0.3) is 0 Å². The van der Waals surface area contributed by atoms with Crippen molar-refractivity contribution >= 4 is 11.7 Å². The van der Waals surface area contributed by atoms with Crippen LogP contribution in [0.15, 0.2) is 60.7 Å². The number of benzene rings is 3.